The van der Waals surface area contributed by atoms with Crippen molar-refractivity contribution < 1.29 is 35.0 Å². The minimum atomic E-state index is -5.78. The molecule has 0 aliphatic heterocycles. The third-order valence-electron chi connectivity index (χ3n) is 2.30. The number of amides is 1. The Labute approximate surface area is 113 Å². The van der Waals surface area contributed by atoms with Gasteiger partial charge in [-0.25, -0.2) is 4.39 Å². The maximum absolute atomic E-state index is 13.7. The molecule has 1 atom stereocenters. The minimum absolute atomic E-state index is 0.225. The Kier molecular flexibility index (Phi) is 5.36. The molecule has 5 nitrogen and oxygen atoms in total. The number of hydrogen-bond donors (Lipinski definition) is 1. The van der Waals surface area contributed by atoms with Crippen LogP contribution in [-0.2, 0) is 19.1 Å². The number of nitrogens with two attached hydrogens (primary N) is 1. The summed E-state index contributed by atoms with van der Waals surface area (Å²) in [5.41, 5.74) is -3.52. The Morgan fingerprint density at radius 3 is 1.95 bits per heavy atom. The van der Waals surface area contributed by atoms with Gasteiger partial charge < -0.3 is 9.92 Å². The van der Waals surface area contributed by atoms with Gasteiger partial charge in [0.2, 0.25) is 5.67 Å². The highest BCUT2D eigenvalue weighted by molar-refractivity contribution is 7.87. The molecule has 1 unspecified atom stereocenters. The number of alkyl halides is 4. The van der Waals surface area contributed by atoms with Crippen LogP contribution in [0, 0.1) is 0 Å². The number of rotatable bonds is 5. The summed E-state index contributed by atoms with van der Waals surface area (Å²) < 4.78 is 74.8. The van der Waals surface area contributed by atoms with Crippen LogP contribution in [0.15, 0.2) is 23.5 Å². The SMILES string of the molecule is C/C(=C\C=C(/C)C(C)(F)C(N)=O)OS(=O)(=O)C(F)(F)F. The predicted molar refractivity (Wildman–Crippen MR) is 62.3 cm³/mol. The second-order valence-electron chi connectivity index (χ2n) is 3.98. The van der Waals surface area contributed by atoms with Gasteiger partial charge in [0, 0.05) is 0 Å². The molecule has 0 radical (unpaired) electrons. The van der Waals surface area contributed by atoms with E-state index in [1.807, 2.05) is 0 Å². The van der Waals surface area contributed by atoms with Crippen LogP contribution in [0.5, 0.6) is 0 Å². The van der Waals surface area contributed by atoms with Crippen LogP contribution >= 0.6 is 0 Å². The normalized spacial score (nSPS) is 17.6. The second-order valence-corrected chi connectivity index (χ2v) is 5.52. The molecule has 0 aromatic rings. The molecule has 116 valence electrons. The van der Waals surface area contributed by atoms with E-state index in [0.717, 1.165) is 32.9 Å². The monoisotopic (exact) mass is 319 g/mol. The van der Waals surface area contributed by atoms with Gasteiger partial charge in [0.05, 0.1) is 0 Å². The molecule has 0 saturated heterocycles. The summed E-state index contributed by atoms with van der Waals surface area (Å²) >= 11 is 0. The van der Waals surface area contributed by atoms with Crippen molar-refractivity contribution in [2.75, 3.05) is 0 Å². The van der Waals surface area contributed by atoms with Crippen molar-refractivity contribution in [1.29, 1.82) is 0 Å². The van der Waals surface area contributed by atoms with E-state index < -0.39 is 33.0 Å². The molecule has 1 amide bonds. The molecule has 0 aromatic heterocycles. The van der Waals surface area contributed by atoms with Gasteiger partial charge in [-0.05, 0) is 32.4 Å². The fourth-order valence-corrected chi connectivity index (χ4v) is 1.34. The predicted octanol–water partition coefficient (Wildman–Crippen LogP) is 1.92. The van der Waals surface area contributed by atoms with Gasteiger partial charge >= 0.3 is 15.6 Å². The van der Waals surface area contributed by atoms with Crippen molar-refractivity contribution in [3.8, 4) is 0 Å². The van der Waals surface area contributed by atoms with Crippen LogP contribution in [0.25, 0.3) is 0 Å². The smallest absolute Gasteiger partial charge is 0.381 e. The number of hydrogen-bond acceptors (Lipinski definition) is 4. The zero-order valence-electron chi connectivity index (χ0n) is 10.8. The molecule has 0 aliphatic carbocycles. The van der Waals surface area contributed by atoms with Gasteiger partial charge in [0.1, 0.15) is 5.76 Å². The van der Waals surface area contributed by atoms with E-state index in [0.29, 0.717) is 0 Å². The summed E-state index contributed by atoms with van der Waals surface area (Å²) in [5.74, 6) is -1.94. The molecular weight excluding hydrogens is 306 g/mol. The van der Waals surface area contributed by atoms with Crippen LogP contribution in [0.3, 0.4) is 0 Å². The summed E-state index contributed by atoms with van der Waals surface area (Å²) in [6, 6.07) is 0. The molecule has 0 aromatic carbocycles. The average molecular weight is 319 g/mol. The molecule has 2 N–H and O–H groups in total. The molecule has 0 saturated carbocycles. The van der Waals surface area contributed by atoms with E-state index in [1.54, 1.807) is 0 Å². The lowest BCUT2D eigenvalue weighted by Gasteiger charge is -2.16. The lowest BCUT2D eigenvalue weighted by molar-refractivity contribution is -0.126. The van der Waals surface area contributed by atoms with Gasteiger partial charge in [-0.2, -0.15) is 21.6 Å². The summed E-state index contributed by atoms with van der Waals surface area (Å²) in [4.78, 5) is 10.8. The molecule has 0 fully saturated rings. The van der Waals surface area contributed by atoms with Gasteiger partial charge in [0.25, 0.3) is 5.91 Å². The number of primary amides is 1. The lowest BCUT2D eigenvalue weighted by Crippen LogP contribution is -2.37. The van der Waals surface area contributed by atoms with Gasteiger partial charge in [-0.1, -0.05) is 6.08 Å². The van der Waals surface area contributed by atoms with Crippen molar-refractivity contribution in [3.63, 3.8) is 0 Å². The zero-order chi connectivity index (χ0) is 16.4. The van der Waals surface area contributed by atoms with Crippen LogP contribution in [0.1, 0.15) is 20.8 Å². The van der Waals surface area contributed by atoms with E-state index in [1.165, 1.54) is 0 Å². The average Bonchev–Trinajstić information content (AvgIpc) is 2.23. The van der Waals surface area contributed by atoms with Gasteiger partial charge in [-0.3, -0.25) is 4.79 Å². The molecule has 0 heterocycles. The van der Waals surface area contributed by atoms with E-state index in [9.17, 15) is 30.8 Å². The first-order chi connectivity index (χ1) is 8.72. The molecule has 0 rings (SSSR count). The van der Waals surface area contributed by atoms with E-state index >= 15 is 0 Å². The highest BCUT2D eigenvalue weighted by Crippen LogP contribution is 2.27. The maximum Gasteiger partial charge on any atom is 0.534 e. The molecule has 0 spiro atoms. The zero-order valence-corrected chi connectivity index (χ0v) is 11.6. The van der Waals surface area contributed by atoms with Crippen LogP contribution in [0.2, 0.25) is 0 Å². The fraction of sp³-hybridized carbons (Fsp3) is 0.500. The van der Waals surface area contributed by atoms with Crippen LogP contribution < -0.4 is 5.73 Å². The number of carbonyl (C=O) groups excluding carboxylic acids is 1. The Morgan fingerprint density at radius 1 is 1.15 bits per heavy atom. The third kappa shape index (κ3) is 4.51. The van der Waals surface area contributed by atoms with Crippen LogP contribution in [-0.4, -0.2) is 25.5 Å². The standard InChI is InChI=1S/C10H13F4NO4S/c1-6(9(3,11)8(15)16)4-5-7(2)19-20(17,18)10(12,13)14/h4-5H,1-3H3,(H2,15,16)/b6-4+,7-5+. The van der Waals surface area contributed by atoms with Gasteiger partial charge in [0.15, 0.2) is 0 Å². The first-order valence-electron chi connectivity index (χ1n) is 5.07. The van der Waals surface area contributed by atoms with E-state index in [4.69, 9.17) is 5.73 Å². The topological polar surface area (TPSA) is 86.5 Å². The quantitative estimate of drug-likeness (QED) is 0.276. The lowest BCUT2D eigenvalue weighted by atomic mass is 9.98. The first-order valence-corrected chi connectivity index (χ1v) is 6.48. The molecule has 0 bridgehead atoms. The largest absolute Gasteiger partial charge is 0.534 e. The fourth-order valence-electron chi connectivity index (χ4n) is 0.841. The maximum atomic E-state index is 13.7. The number of allylic oxidation sites excluding steroid dienone is 3. The van der Waals surface area contributed by atoms with E-state index in [-0.39, 0.29) is 5.57 Å². The number of halogens is 4. The van der Waals surface area contributed by atoms with Crippen molar-refractivity contribution in [3.05, 3.63) is 23.5 Å². The summed E-state index contributed by atoms with van der Waals surface area (Å²) in [5, 5.41) is 0. The highest BCUT2D eigenvalue weighted by Gasteiger charge is 2.48. The molecule has 0 aliphatic rings. The van der Waals surface area contributed by atoms with Crippen molar-refractivity contribution >= 4 is 16.0 Å². The van der Waals surface area contributed by atoms with Crippen LogP contribution in [0.4, 0.5) is 17.6 Å². The first kappa shape index (κ1) is 18.4. The Morgan fingerprint density at radius 2 is 1.60 bits per heavy atom. The number of carbonyl (C=O) groups is 1. The molecular formula is C10H13F4NO4S. The van der Waals surface area contributed by atoms with Crippen molar-refractivity contribution in [2.45, 2.75) is 31.9 Å². The third-order valence-corrected chi connectivity index (χ3v) is 3.35. The highest BCUT2D eigenvalue weighted by atomic mass is 32.2. The Bertz CT molecular complexity index is 546. The molecule has 20 heavy (non-hydrogen) atoms. The summed E-state index contributed by atoms with van der Waals surface area (Å²) in [7, 11) is -5.78. The summed E-state index contributed by atoms with van der Waals surface area (Å²) in [6.45, 7) is 2.94. The van der Waals surface area contributed by atoms with Crippen molar-refractivity contribution in [2.24, 2.45) is 5.73 Å². The second kappa shape index (κ2) is 5.81. The summed E-state index contributed by atoms with van der Waals surface area (Å²) in [6.07, 6.45) is 1.67. The minimum Gasteiger partial charge on any atom is -0.381 e. The van der Waals surface area contributed by atoms with E-state index in [2.05, 4.69) is 4.18 Å². The van der Waals surface area contributed by atoms with Crippen molar-refractivity contribution in [1.82, 2.24) is 0 Å². The Hall–Kier alpha value is -1.58. The Balaban J connectivity index is 5.18. The van der Waals surface area contributed by atoms with Gasteiger partial charge in [-0.15, -0.1) is 0 Å². The molecule has 10 heteroatoms.